The molecule has 0 radical (unpaired) electrons. The molecule has 5 nitrogen and oxygen atoms in total. The number of carbonyl (C=O) groups is 1. The summed E-state index contributed by atoms with van der Waals surface area (Å²) in [6.07, 6.45) is 7.83. The molecular weight excluding hydrogens is 300 g/mol. The fourth-order valence-electron chi connectivity index (χ4n) is 4.80. The van der Waals surface area contributed by atoms with E-state index in [9.17, 15) is 4.79 Å². The van der Waals surface area contributed by atoms with Gasteiger partial charge in [0.1, 0.15) is 12.2 Å². The van der Waals surface area contributed by atoms with Crippen molar-refractivity contribution in [2.75, 3.05) is 6.54 Å². The molecule has 2 aliphatic rings. The van der Waals surface area contributed by atoms with Crippen LogP contribution >= 0.6 is 0 Å². The Kier molecular flexibility index (Phi) is 4.08. The molecule has 1 heterocycles. The third-order valence-electron chi connectivity index (χ3n) is 5.90. The maximum atomic E-state index is 13.1. The largest absolute Gasteiger partial charge is 0.355 e. The molecule has 0 spiro atoms. The smallest absolute Gasteiger partial charge is 0.226 e. The Morgan fingerprint density at radius 3 is 2.83 bits per heavy atom. The van der Waals surface area contributed by atoms with Crippen LogP contribution in [0.3, 0.4) is 0 Å². The van der Waals surface area contributed by atoms with Crippen LogP contribution in [0.5, 0.6) is 0 Å². The van der Waals surface area contributed by atoms with Crippen LogP contribution in [0.15, 0.2) is 36.7 Å². The van der Waals surface area contributed by atoms with E-state index in [0.29, 0.717) is 18.9 Å². The van der Waals surface area contributed by atoms with E-state index in [4.69, 9.17) is 0 Å². The number of hydrogen-bond acceptors (Lipinski definition) is 3. The molecule has 2 fully saturated rings. The minimum absolute atomic E-state index is 0.217. The number of benzene rings is 1. The number of aromatic amines is 1. The summed E-state index contributed by atoms with van der Waals surface area (Å²) in [6, 6.07) is 10.5. The van der Waals surface area contributed by atoms with Crippen molar-refractivity contribution in [3.63, 3.8) is 0 Å². The first-order valence-corrected chi connectivity index (χ1v) is 8.93. The predicted molar refractivity (Wildman–Crippen MR) is 91.1 cm³/mol. The average molecular weight is 324 g/mol. The molecule has 2 saturated carbocycles. The molecule has 2 N–H and O–H groups in total. The van der Waals surface area contributed by atoms with Crippen molar-refractivity contribution in [3.8, 4) is 0 Å². The van der Waals surface area contributed by atoms with Crippen LogP contribution in [0.2, 0.25) is 0 Å². The standard InChI is InChI=1S/C19H24N4O/c24-18(20-9-8-17-21-13-22-23-17)19(11-14-4-2-1-3-5-14)12-15-6-7-16(19)10-15/h1-5,13,15-16H,6-12H2,(H,20,24)(H,21,22,23). The maximum absolute atomic E-state index is 13.1. The van der Waals surface area contributed by atoms with E-state index in [-0.39, 0.29) is 11.3 Å². The number of H-pyrrole nitrogens is 1. The minimum Gasteiger partial charge on any atom is -0.355 e. The van der Waals surface area contributed by atoms with Crippen LogP contribution in [0.1, 0.15) is 37.1 Å². The van der Waals surface area contributed by atoms with Crippen LogP contribution in [0, 0.1) is 17.3 Å². The van der Waals surface area contributed by atoms with E-state index in [1.165, 1.54) is 31.2 Å². The van der Waals surface area contributed by atoms with Gasteiger partial charge in [-0.2, -0.15) is 5.10 Å². The summed E-state index contributed by atoms with van der Waals surface area (Å²) in [7, 11) is 0. The molecule has 3 atom stereocenters. The van der Waals surface area contributed by atoms with Gasteiger partial charge in [0.2, 0.25) is 5.91 Å². The maximum Gasteiger partial charge on any atom is 0.226 e. The second-order valence-corrected chi connectivity index (χ2v) is 7.34. The van der Waals surface area contributed by atoms with Crippen molar-refractivity contribution in [1.82, 2.24) is 20.5 Å². The molecular formula is C19H24N4O. The van der Waals surface area contributed by atoms with Gasteiger partial charge in [0, 0.05) is 13.0 Å². The van der Waals surface area contributed by atoms with Gasteiger partial charge in [-0.1, -0.05) is 36.8 Å². The van der Waals surface area contributed by atoms with Crippen molar-refractivity contribution >= 4 is 5.91 Å². The van der Waals surface area contributed by atoms with Gasteiger partial charge in [-0.05, 0) is 43.1 Å². The summed E-state index contributed by atoms with van der Waals surface area (Å²) in [6.45, 7) is 0.613. The van der Waals surface area contributed by atoms with E-state index in [2.05, 4.69) is 44.8 Å². The molecule has 1 aromatic carbocycles. The van der Waals surface area contributed by atoms with Gasteiger partial charge in [0.25, 0.3) is 0 Å². The van der Waals surface area contributed by atoms with Crippen molar-refractivity contribution in [3.05, 3.63) is 48.0 Å². The summed E-state index contributed by atoms with van der Waals surface area (Å²) in [5, 5.41) is 9.88. The summed E-state index contributed by atoms with van der Waals surface area (Å²) >= 11 is 0. The number of carbonyl (C=O) groups excluding carboxylic acids is 1. The number of nitrogens with zero attached hydrogens (tertiary/aromatic N) is 2. The molecule has 2 aliphatic carbocycles. The zero-order valence-electron chi connectivity index (χ0n) is 13.9. The van der Waals surface area contributed by atoms with E-state index in [1.54, 1.807) is 0 Å². The van der Waals surface area contributed by atoms with Crippen molar-refractivity contribution in [1.29, 1.82) is 0 Å². The summed E-state index contributed by atoms with van der Waals surface area (Å²) in [4.78, 5) is 17.2. The summed E-state index contributed by atoms with van der Waals surface area (Å²) in [5.74, 6) is 2.32. The lowest BCUT2D eigenvalue weighted by atomic mass is 9.68. The molecule has 0 saturated heterocycles. The Labute approximate surface area is 142 Å². The van der Waals surface area contributed by atoms with Gasteiger partial charge in [0.05, 0.1) is 5.41 Å². The van der Waals surface area contributed by atoms with Crippen LogP contribution in [-0.2, 0) is 17.6 Å². The number of nitrogens with one attached hydrogen (secondary N) is 2. The molecule has 1 aromatic heterocycles. The Balaban J connectivity index is 1.47. The van der Waals surface area contributed by atoms with Gasteiger partial charge in [0.15, 0.2) is 0 Å². The van der Waals surface area contributed by atoms with E-state index in [0.717, 1.165) is 24.6 Å². The number of aromatic nitrogens is 3. The first-order valence-electron chi connectivity index (χ1n) is 8.93. The Morgan fingerprint density at radius 1 is 1.29 bits per heavy atom. The highest BCUT2D eigenvalue weighted by molar-refractivity contribution is 5.84. The monoisotopic (exact) mass is 324 g/mol. The van der Waals surface area contributed by atoms with Gasteiger partial charge in [-0.15, -0.1) is 0 Å². The SMILES string of the molecule is O=C(NCCc1ncn[nH]1)C1(Cc2ccccc2)CC2CCC1C2. The van der Waals surface area contributed by atoms with E-state index in [1.807, 2.05) is 6.07 Å². The van der Waals surface area contributed by atoms with Crippen LogP contribution in [-0.4, -0.2) is 27.6 Å². The second kappa shape index (κ2) is 6.38. The average Bonchev–Trinajstić information content (AvgIpc) is 3.33. The fraction of sp³-hybridized carbons (Fsp3) is 0.526. The lowest BCUT2D eigenvalue weighted by Gasteiger charge is -2.36. The number of rotatable bonds is 6. The Hall–Kier alpha value is -2.17. The molecule has 126 valence electrons. The Bertz CT molecular complexity index is 685. The second-order valence-electron chi connectivity index (χ2n) is 7.34. The third kappa shape index (κ3) is 2.83. The molecule has 2 bridgehead atoms. The van der Waals surface area contributed by atoms with Crippen LogP contribution in [0.25, 0.3) is 0 Å². The number of hydrogen-bond donors (Lipinski definition) is 2. The van der Waals surface area contributed by atoms with Gasteiger partial charge >= 0.3 is 0 Å². The minimum atomic E-state index is -0.217. The molecule has 5 heteroatoms. The zero-order valence-corrected chi connectivity index (χ0v) is 13.9. The molecule has 3 unspecified atom stereocenters. The molecule has 0 aliphatic heterocycles. The van der Waals surface area contributed by atoms with E-state index < -0.39 is 0 Å². The van der Waals surface area contributed by atoms with Gasteiger partial charge in [-0.3, -0.25) is 9.89 Å². The highest BCUT2D eigenvalue weighted by Crippen LogP contribution is 2.57. The molecule has 2 aromatic rings. The molecule has 4 rings (SSSR count). The normalized spacial score (nSPS) is 28.2. The van der Waals surface area contributed by atoms with Crippen LogP contribution in [0.4, 0.5) is 0 Å². The van der Waals surface area contributed by atoms with Gasteiger partial charge in [-0.25, -0.2) is 4.98 Å². The predicted octanol–water partition coefficient (Wildman–Crippen LogP) is 2.51. The quantitative estimate of drug-likeness (QED) is 0.858. The van der Waals surface area contributed by atoms with Crippen molar-refractivity contribution in [2.45, 2.75) is 38.5 Å². The number of fused-ring (bicyclic) bond motifs is 2. The van der Waals surface area contributed by atoms with Crippen LogP contribution < -0.4 is 5.32 Å². The first kappa shape index (κ1) is 15.4. The summed E-state index contributed by atoms with van der Waals surface area (Å²) in [5.41, 5.74) is 1.06. The van der Waals surface area contributed by atoms with Crippen molar-refractivity contribution < 1.29 is 4.79 Å². The Morgan fingerprint density at radius 2 is 2.17 bits per heavy atom. The van der Waals surface area contributed by atoms with E-state index >= 15 is 0 Å². The summed E-state index contributed by atoms with van der Waals surface area (Å²) < 4.78 is 0. The lowest BCUT2D eigenvalue weighted by Crippen LogP contribution is -2.46. The first-order chi connectivity index (χ1) is 11.8. The molecule has 24 heavy (non-hydrogen) atoms. The number of amides is 1. The van der Waals surface area contributed by atoms with Crippen molar-refractivity contribution in [2.24, 2.45) is 17.3 Å². The lowest BCUT2D eigenvalue weighted by molar-refractivity contribution is -0.134. The molecule has 1 amide bonds. The highest BCUT2D eigenvalue weighted by Gasteiger charge is 2.55. The third-order valence-corrected chi connectivity index (χ3v) is 5.90. The topological polar surface area (TPSA) is 70.7 Å². The van der Waals surface area contributed by atoms with Gasteiger partial charge < -0.3 is 5.32 Å². The zero-order chi connectivity index (χ0) is 16.4. The fourth-order valence-corrected chi connectivity index (χ4v) is 4.80. The highest BCUT2D eigenvalue weighted by atomic mass is 16.2.